The lowest BCUT2D eigenvalue weighted by atomic mass is 9.90. The van der Waals surface area contributed by atoms with Crippen molar-refractivity contribution >= 4 is 17.0 Å². The van der Waals surface area contributed by atoms with E-state index >= 15 is 0 Å². The number of aryl methyl sites for hydroxylation is 1. The van der Waals surface area contributed by atoms with Gasteiger partial charge in [0, 0.05) is 11.9 Å². The van der Waals surface area contributed by atoms with Crippen molar-refractivity contribution in [1.29, 1.82) is 0 Å². The zero-order valence-electron chi connectivity index (χ0n) is 13.8. The molecule has 3 nitrogen and oxygen atoms in total. The minimum Gasteiger partial charge on any atom is -0.464 e. The van der Waals surface area contributed by atoms with E-state index in [0.717, 1.165) is 35.1 Å². The Labute approximate surface area is 141 Å². The maximum absolute atomic E-state index is 9.55. The van der Waals surface area contributed by atoms with Crippen LogP contribution in [0.4, 0.5) is 0 Å². The van der Waals surface area contributed by atoms with Gasteiger partial charge in [0.15, 0.2) is 0 Å². The Balaban J connectivity index is 1.65. The van der Waals surface area contributed by atoms with Gasteiger partial charge >= 0.3 is 0 Å². The Kier molecular flexibility index (Phi) is 3.97. The molecular formula is C21H21NO2. The molecule has 0 fully saturated rings. The van der Waals surface area contributed by atoms with Gasteiger partial charge in [-0.25, -0.2) is 0 Å². The smallest absolute Gasteiger partial charge is 0.133 e. The first-order valence-corrected chi connectivity index (χ1v) is 8.36. The lowest BCUT2D eigenvalue weighted by Crippen LogP contribution is -2.28. The summed E-state index contributed by atoms with van der Waals surface area (Å²) in [4.78, 5) is 0. The van der Waals surface area contributed by atoms with Gasteiger partial charge in [0.1, 0.15) is 5.58 Å². The third-order valence-electron chi connectivity index (χ3n) is 4.82. The van der Waals surface area contributed by atoms with Crippen molar-refractivity contribution in [3.05, 3.63) is 76.6 Å². The van der Waals surface area contributed by atoms with Crippen molar-refractivity contribution in [2.24, 2.45) is 0 Å². The number of aliphatic hydroxyl groups is 1. The second-order valence-corrected chi connectivity index (χ2v) is 6.39. The molecule has 4 rings (SSSR count). The van der Waals surface area contributed by atoms with Gasteiger partial charge in [0.05, 0.1) is 18.9 Å². The third kappa shape index (κ3) is 2.77. The highest BCUT2D eigenvalue weighted by Crippen LogP contribution is 2.28. The molecule has 2 aromatic carbocycles. The number of hydrogen-bond acceptors (Lipinski definition) is 3. The predicted octanol–water partition coefficient (Wildman–Crippen LogP) is 4.13. The van der Waals surface area contributed by atoms with Crippen LogP contribution in [0.3, 0.4) is 0 Å². The van der Waals surface area contributed by atoms with Crippen LogP contribution in [-0.2, 0) is 13.0 Å². The van der Waals surface area contributed by atoms with Crippen molar-refractivity contribution in [3.8, 4) is 0 Å². The fraction of sp³-hybridized carbons (Fsp3) is 0.238. The summed E-state index contributed by atoms with van der Waals surface area (Å²) in [6.07, 6.45) is 7.11. The van der Waals surface area contributed by atoms with Crippen molar-refractivity contribution < 1.29 is 9.52 Å². The molecule has 0 amide bonds. The van der Waals surface area contributed by atoms with Crippen molar-refractivity contribution in [1.82, 2.24) is 5.32 Å². The van der Waals surface area contributed by atoms with Crippen LogP contribution in [0, 0.1) is 6.92 Å². The number of nitrogens with one attached hydrogen (secondary N) is 1. The molecule has 3 aromatic rings. The monoisotopic (exact) mass is 319 g/mol. The maximum Gasteiger partial charge on any atom is 0.133 e. The van der Waals surface area contributed by atoms with Crippen molar-refractivity contribution in [3.63, 3.8) is 0 Å². The average molecular weight is 319 g/mol. The van der Waals surface area contributed by atoms with Crippen molar-refractivity contribution in [2.75, 3.05) is 6.54 Å². The van der Waals surface area contributed by atoms with E-state index in [9.17, 15) is 5.11 Å². The van der Waals surface area contributed by atoms with Gasteiger partial charge in [-0.15, -0.1) is 0 Å². The first-order chi connectivity index (χ1) is 11.7. The van der Waals surface area contributed by atoms with E-state index in [1.54, 1.807) is 6.26 Å². The average Bonchev–Trinajstić information content (AvgIpc) is 3.07. The lowest BCUT2D eigenvalue weighted by molar-refractivity contribution is 0.280. The van der Waals surface area contributed by atoms with Crippen LogP contribution in [0.25, 0.3) is 17.0 Å². The maximum atomic E-state index is 9.55. The van der Waals surface area contributed by atoms with E-state index in [4.69, 9.17) is 4.42 Å². The summed E-state index contributed by atoms with van der Waals surface area (Å²) in [6, 6.07) is 12.7. The molecule has 1 unspecified atom stereocenters. The summed E-state index contributed by atoms with van der Waals surface area (Å²) in [5.74, 6) is 0. The summed E-state index contributed by atoms with van der Waals surface area (Å²) in [5, 5.41) is 14.2. The minimum absolute atomic E-state index is 0.0900. The molecule has 2 N–H and O–H groups in total. The van der Waals surface area contributed by atoms with Gasteiger partial charge in [-0.3, -0.25) is 0 Å². The summed E-state index contributed by atoms with van der Waals surface area (Å²) >= 11 is 0. The fourth-order valence-corrected chi connectivity index (χ4v) is 3.45. The molecule has 122 valence electrons. The zero-order valence-corrected chi connectivity index (χ0v) is 13.8. The molecule has 0 aliphatic carbocycles. The first kappa shape index (κ1) is 15.2. The summed E-state index contributed by atoms with van der Waals surface area (Å²) in [7, 11) is 0. The van der Waals surface area contributed by atoms with Gasteiger partial charge in [0.2, 0.25) is 0 Å². The topological polar surface area (TPSA) is 45.4 Å². The molecule has 1 atom stereocenters. The molecule has 0 bridgehead atoms. The number of benzene rings is 2. The Bertz CT molecular complexity index is 907. The van der Waals surface area contributed by atoms with Gasteiger partial charge in [-0.2, -0.15) is 0 Å². The van der Waals surface area contributed by atoms with Crippen molar-refractivity contribution in [2.45, 2.75) is 26.0 Å². The normalized spacial score (nSPS) is 17.5. The summed E-state index contributed by atoms with van der Waals surface area (Å²) in [6.45, 7) is 3.13. The van der Waals surface area contributed by atoms with E-state index in [2.05, 4.69) is 48.7 Å². The molecule has 0 saturated heterocycles. The SMILES string of the molecule is Cc1cc2c(cc1CO)C(/C=C/c1ccc3occc3c1)NCC2. The Morgan fingerprint density at radius 2 is 2.17 bits per heavy atom. The molecule has 3 heteroatoms. The van der Waals surface area contributed by atoms with E-state index in [1.165, 1.54) is 16.7 Å². The third-order valence-corrected chi connectivity index (χ3v) is 4.82. The molecule has 0 spiro atoms. The molecular weight excluding hydrogens is 298 g/mol. The highest BCUT2D eigenvalue weighted by molar-refractivity contribution is 5.80. The van der Waals surface area contributed by atoms with Crippen LogP contribution >= 0.6 is 0 Å². The molecule has 0 saturated carbocycles. The summed E-state index contributed by atoms with van der Waals surface area (Å²) in [5.41, 5.74) is 6.91. The number of fused-ring (bicyclic) bond motifs is 2. The van der Waals surface area contributed by atoms with E-state index in [0.29, 0.717) is 0 Å². The van der Waals surface area contributed by atoms with E-state index < -0.39 is 0 Å². The Morgan fingerprint density at radius 1 is 1.25 bits per heavy atom. The van der Waals surface area contributed by atoms with Gasteiger partial charge in [-0.05, 0) is 59.4 Å². The number of furan rings is 1. The highest BCUT2D eigenvalue weighted by atomic mass is 16.3. The number of hydrogen-bond donors (Lipinski definition) is 2. The van der Waals surface area contributed by atoms with E-state index in [1.807, 2.05) is 12.1 Å². The highest BCUT2D eigenvalue weighted by Gasteiger charge is 2.18. The second-order valence-electron chi connectivity index (χ2n) is 6.39. The lowest BCUT2D eigenvalue weighted by Gasteiger charge is -2.26. The minimum atomic E-state index is 0.0900. The van der Waals surface area contributed by atoms with Gasteiger partial charge in [-0.1, -0.05) is 30.4 Å². The van der Waals surface area contributed by atoms with Gasteiger partial charge in [0.25, 0.3) is 0 Å². The molecule has 0 radical (unpaired) electrons. The quantitative estimate of drug-likeness (QED) is 0.763. The molecule has 1 aliphatic heterocycles. The molecule has 24 heavy (non-hydrogen) atoms. The second kappa shape index (κ2) is 6.27. The fourth-order valence-electron chi connectivity index (χ4n) is 3.45. The standard InChI is InChI=1S/C21H21NO2/c1-14-10-16-6-8-22-20(19(16)12-18(14)13-23)4-2-15-3-5-21-17(11-15)7-9-24-21/h2-5,7,9-12,20,22-23H,6,8,13H2,1H3/b4-2+. The van der Waals surface area contributed by atoms with Crippen LogP contribution in [0.15, 0.2) is 53.2 Å². The largest absolute Gasteiger partial charge is 0.464 e. The van der Waals surface area contributed by atoms with Crippen LogP contribution in [-0.4, -0.2) is 11.7 Å². The zero-order chi connectivity index (χ0) is 16.5. The molecule has 1 aromatic heterocycles. The molecule has 1 aliphatic rings. The van der Waals surface area contributed by atoms with E-state index in [-0.39, 0.29) is 12.6 Å². The van der Waals surface area contributed by atoms with Crippen LogP contribution in [0.2, 0.25) is 0 Å². The van der Waals surface area contributed by atoms with Gasteiger partial charge < -0.3 is 14.8 Å². The van der Waals surface area contributed by atoms with Crippen LogP contribution < -0.4 is 5.32 Å². The van der Waals surface area contributed by atoms with Crippen LogP contribution in [0.5, 0.6) is 0 Å². The Hall–Kier alpha value is -2.36. The number of rotatable bonds is 3. The van der Waals surface area contributed by atoms with Crippen LogP contribution in [0.1, 0.15) is 33.9 Å². The summed E-state index contributed by atoms with van der Waals surface area (Å²) < 4.78 is 5.39. The predicted molar refractivity (Wildman–Crippen MR) is 96.8 cm³/mol. The Morgan fingerprint density at radius 3 is 3.04 bits per heavy atom. The first-order valence-electron chi connectivity index (χ1n) is 8.36. The molecule has 2 heterocycles. The number of aliphatic hydroxyl groups excluding tert-OH is 1.